The predicted molar refractivity (Wildman–Crippen MR) is 133 cm³/mol. The summed E-state index contributed by atoms with van der Waals surface area (Å²) in [5, 5.41) is 0. The van der Waals surface area contributed by atoms with Crippen molar-refractivity contribution in [3.8, 4) is 11.5 Å². The van der Waals surface area contributed by atoms with Gasteiger partial charge in [-0.15, -0.1) is 0 Å². The lowest BCUT2D eigenvalue weighted by Gasteiger charge is -2.43. The normalized spacial score (nSPS) is 19.7. The lowest BCUT2D eigenvalue weighted by atomic mass is 9.67. The zero-order valence-electron chi connectivity index (χ0n) is 20.5. The molecule has 0 aliphatic carbocycles. The van der Waals surface area contributed by atoms with E-state index in [0.29, 0.717) is 30.9 Å². The van der Waals surface area contributed by atoms with Gasteiger partial charge in [0.05, 0.1) is 25.8 Å². The van der Waals surface area contributed by atoms with Gasteiger partial charge in [-0.05, 0) is 56.2 Å². The fraction of sp³-hybridized carbons (Fsp3) is 0.310. The Morgan fingerprint density at radius 2 is 1.77 bits per heavy atom. The Kier molecular flexibility index (Phi) is 5.55. The predicted octanol–water partition coefficient (Wildman–Crippen LogP) is 5.27. The molecule has 2 heterocycles. The number of nitrogens with zero attached hydrogens (tertiary/aromatic N) is 1. The van der Waals surface area contributed by atoms with Crippen LogP contribution in [-0.4, -0.2) is 31.2 Å². The molecule has 2 aliphatic heterocycles. The number of hydrogen-bond acceptors (Lipinski definition) is 5. The highest BCUT2D eigenvalue weighted by molar-refractivity contribution is 6.11. The first-order chi connectivity index (χ1) is 16.8. The Morgan fingerprint density at radius 1 is 1.03 bits per heavy atom. The molecule has 180 valence electrons. The standard InChI is InChI=1S/C29H29NO5/c1-5-34-21-14-15-23-25(16-21)35-28(2,3)18-29(23)22-8-6-7-9-24(22)30(27(29)32)17-19-10-12-20(13-11-19)26(31)33-4/h6-16H,5,17-18H2,1-4H3. The number of fused-ring (bicyclic) bond motifs is 4. The molecule has 0 radical (unpaired) electrons. The molecule has 6 heteroatoms. The molecular formula is C29H29NO5. The monoisotopic (exact) mass is 471 g/mol. The summed E-state index contributed by atoms with van der Waals surface area (Å²) in [6, 6.07) is 21.0. The Balaban J connectivity index is 1.60. The number of hydrogen-bond donors (Lipinski definition) is 0. The minimum Gasteiger partial charge on any atom is -0.494 e. The third-order valence-corrected chi connectivity index (χ3v) is 6.78. The molecule has 0 aromatic heterocycles. The molecule has 2 aliphatic rings. The maximum atomic E-state index is 14.4. The van der Waals surface area contributed by atoms with E-state index in [2.05, 4.69) is 6.07 Å². The van der Waals surface area contributed by atoms with E-state index in [1.54, 1.807) is 12.1 Å². The molecule has 1 atom stereocenters. The largest absolute Gasteiger partial charge is 0.494 e. The Hall–Kier alpha value is -3.80. The van der Waals surface area contributed by atoms with Gasteiger partial charge in [-0.1, -0.05) is 36.4 Å². The van der Waals surface area contributed by atoms with Gasteiger partial charge in [0, 0.05) is 23.7 Å². The number of carbonyl (C=O) groups excluding carboxylic acids is 2. The molecule has 0 N–H and O–H groups in total. The van der Waals surface area contributed by atoms with Crippen LogP contribution in [0, 0.1) is 0 Å². The molecule has 3 aromatic carbocycles. The summed E-state index contributed by atoms with van der Waals surface area (Å²) in [4.78, 5) is 28.1. The van der Waals surface area contributed by atoms with Crippen LogP contribution in [0.25, 0.3) is 0 Å². The number of amides is 1. The van der Waals surface area contributed by atoms with Crippen molar-refractivity contribution in [3.05, 3.63) is 89.0 Å². The van der Waals surface area contributed by atoms with E-state index in [0.717, 1.165) is 28.1 Å². The van der Waals surface area contributed by atoms with Crippen LogP contribution < -0.4 is 14.4 Å². The number of anilines is 1. The van der Waals surface area contributed by atoms with E-state index in [1.807, 2.05) is 74.2 Å². The Bertz CT molecular complexity index is 1300. The van der Waals surface area contributed by atoms with Crippen molar-refractivity contribution in [2.24, 2.45) is 0 Å². The summed E-state index contributed by atoms with van der Waals surface area (Å²) in [6.07, 6.45) is 0.522. The SMILES string of the molecule is CCOc1ccc2c(c1)OC(C)(C)CC21C(=O)N(Cc2ccc(C(=O)OC)cc2)c2ccccc21. The lowest BCUT2D eigenvalue weighted by molar-refractivity contribution is -0.124. The fourth-order valence-corrected chi connectivity index (χ4v) is 5.42. The van der Waals surface area contributed by atoms with Crippen molar-refractivity contribution in [1.29, 1.82) is 0 Å². The van der Waals surface area contributed by atoms with Crippen LogP contribution in [0.2, 0.25) is 0 Å². The number of esters is 1. The summed E-state index contributed by atoms with van der Waals surface area (Å²) < 4.78 is 16.9. The summed E-state index contributed by atoms with van der Waals surface area (Å²) >= 11 is 0. The number of para-hydroxylation sites is 1. The first kappa shape index (κ1) is 23.0. The number of carbonyl (C=O) groups is 2. The van der Waals surface area contributed by atoms with Gasteiger partial charge >= 0.3 is 5.97 Å². The fourth-order valence-electron chi connectivity index (χ4n) is 5.42. The second-order valence-corrected chi connectivity index (χ2v) is 9.63. The van der Waals surface area contributed by atoms with E-state index >= 15 is 0 Å². The smallest absolute Gasteiger partial charge is 0.337 e. The number of methoxy groups -OCH3 is 1. The van der Waals surface area contributed by atoms with Crippen molar-refractivity contribution in [2.75, 3.05) is 18.6 Å². The molecule has 3 aromatic rings. The molecule has 1 spiro atoms. The van der Waals surface area contributed by atoms with Gasteiger partial charge in [0.15, 0.2) is 0 Å². The van der Waals surface area contributed by atoms with E-state index in [4.69, 9.17) is 14.2 Å². The van der Waals surface area contributed by atoms with Crippen LogP contribution >= 0.6 is 0 Å². The van der Waals surface area contributed by atoms with E-state index in [1.165, 1.54) is 7.11 Å². The third kappa shape index (κ3) is 3.73. The third-order valence-electron chi connectivity index (χ3n) is 6.78. The average molecular weight is 472 g/mol. The quantitative estimate of drug-likeness (QED) is 0.475. The van der Waals surface area contributed by atoms with Crippen LogP contribution in [0.15, 0.2) is 66.7 Å². The molecule has 0 saturated heterocycles. The average Bonchev–Trinajstić information content (AvgIpc) is 3.06. The van der Waals surface area contributed by atoms with Gasteiger partial charge in [-0.3, -0.25) is 4.79 Å². The molecular weight excluding hydrogens is 442 g/mol. The minimum atomic E-state index is -0.857. The molecule has 0 bridgehead atoms. The van der Waals surface area contributed by atoms with Crippen molar-refractivity contribution in [3.63, 3.8) is 0 Å². The van der Waals surface area contributed by atoms with Crippen LogP contribution in [0.4, 0.5) is 5.69 Å². The van der Waals surface area contributed by atoms with Crippen LogP contribution in [0.3, 0.4) is 0 Å². The maximum Gasteiger partial charge on any atom is 0.337 e. The van der Waals surface area contributed by atoms with Crippen molar-refractivity contribution < 1.29 is 23.8 Å². The summed E-state index contributed by atoms with van der Waals surface area (Å²) in [6.45, 7) is 6.94. The number of rotatable bonds is 5. The maximum absolute atomic E-state index is 14.4. The minimum absolute atomic E-state index is 0.0255. The zero-order valence-corrected chi connectivity index (χ0v) is 20.5. The number of ether oxygens (including phenoxy) is 3. The Labute approximate surface area is 205 Å². The molecule has 5 rings (SSSR count). The van der Waals surface area contributed by atoms with Gasteiger partial charge in [0.1, 0.15) is 22.5 Å². The van der Waals surface area contributed by atoms with Crippen molar-refractivity contribution in [1.82, 2.24) is 0 Å². The second kappa shape index (κ2) is 8.45. The highest BCUT2D eigenvalue weighted by Crippen LogP contribution is 2.56. The molecule has 1 unspecified atom stereocenters. The van der Waals surface area contributed by atoms with Crippen molar-refractivity contribution in [2.45, 2.75) is 44.8 Å². The first-order valence-electron chi connectivity index (χ1n) is 11.8. The van der Waals surface area contributed by atoms with Crippen LogP contribution in [0.5, 0.6) is 11.5 Å². The van der Waals surface area contributed by atoms with E-state index < -0.39 is 11.0 Å². The van der Waals surface area contributed by atoms with Gasteiger partial charge < -0.3 is 19.1 Å². The molecule has 35 heavy (non-hydrogen) atoms. The summed E-state index contributed by atoms with van der Waals surface area (Å²) in [5.74, 6) is 1.04. The van der Waals surface area contributed by atoms with Gasteiger partial charge in [-0.2, -0.15) is 0 Å². The first-order valence-corrected chi connectivity index (χ1v) is 11.8. The molecule has 0 fully saturated rings. The summed E-state index contributed by atoms with van der Waals surface area (Å²) in [7, 11) is 1.36. The lowest BCUT2D eigenvalue weighted by Crippen LogP contribution is -2.50. The number of benzene rings is 3. The van der Waals surface area contributed by atoms with Gasteiger partial charge in [0.2, 0.25) is 5.91 Å². The second-order valence-electron chi connectivity index (χ2n) is 9.63. The van der Waals surface area contributed by atoms with Gasteiger partial charge in [0.25, 0.3) is 0 Å². The van der Waals surface area contributed by atoms with Crippen LogP contribution in [-0.2, 0) is 21.5 Å². The molecule has 6 nitrogen and oxygen atoms in total. The molecule has 0 saturated carbocycles. The van der Waals surface area contributed by atoms with Crippen LogP contribution in [0.1, 0.15) is 54.2 Å². The molecule has 1 amide bonds. The van der Waals surface area contributed by atoms with Gasteiger partial charge in [-0.25, -0.2) is 4.79 Å². The highest BCUT2D eigenvalue weighted by atomic mass is 16.5. The van der Waals surface area contributed by atoms with E-state index in [9.17, 15) is 9.59 Å². The van der Waals surface area contributed by atoms with E-state index in [-0.39, 0.29) is 11.9 Å². The topological polar surface area (TPSA) is 65.1 Å². The highest BCUT2D eigenvalue weighted by Gasteiger charge is 2.58. The van der Waals surface area contributed by atoms with Crippen molar-refractivity contribution >= 4 is 17.6 Å². The Morgan fingerprint density at radius 3 is 2.49 bits per heavy atom. The zero-order chi connectivity index (χ0) is 24.8. The summed E-state index contributed by atoms with van der Waals surface area (Å²) in [5.41, 5.74) is 2.73.